The lowest BCUT2D eigenvalue weighted by Crippen LogP contribution is -2.31. The summed E-state index contributed by atoms with van der Waals surface area (Å²) >= 11 is 0. The molecule has 0 fully saturated rings. The number of aryl methyl sites for hydroxylation is 1. The van der Waals surface area contributed by atoms with Gasteiger partial charge in [-0.25, -0.2) is 4.98 Å². The summed E-state index contributed by atoms with van der Waals surface area (Å²) in [5, 5.41) is 17.8. The van der Waals surface area contributed by atoms with E-state index in [1.54, 1.807) is 6.07 Å². The molecule has 1 aliphatic rings. The number of rotatable bonds is 1. The van der Waals surface area contributed by atoms with Crippen LogP contribution in [-0.4, -0.2) is 28.8 Å². The molecule has 0 saturated carbocycles. The van der Waals surface area contributed by atoms with Gasteiger partial charge in [0.15, 0.2) is 0 Å². The average molecular weight is 179 g/mol. The molecule has 4 nitrogen and oxygen atoms in total. The molecular formula is C8H10BNO3. The quantitative estimate of drug-likeness (QED) is 0.547. The minimum Gasteiger partial charge on any atom is -0.477 e. The van der Waals surface area contributed by atoms with Crippen molar-refractivity contribution in [2.45, 2.75) is 12.8 Å². The van der Waals surface area contributed by atoms with Crippen LogP contribution in [0, 0.1) is 0 Å². The predicted molar refractivity (Wildman–Crippen MR) is 47.9 cm³/mol. The van der Waals surface area contributed by atoms with Crippen LogP contribution in [0.3, 0.4) is 0 Å². The molecule has 68 valence electrons. The van der Waals surface area contributed by atoms with E-state index in [1.165, 1.54) is 6.20 Å². The molecule has 0 saturated heterocycles. The minimum absolute atomic E-state index is 0.421. The molecule has 1 aromatic rings. The Morgan fingerprint density at radius 1 is 1.46 bits per heavy atom. The molecule has 0 atom stereocenters. The summed E-state index contributed by atoms with van der Waals surface area (Å²) in [6.07, 6.45) is 3.28. The van der Waals surface area contributed by atoms with Crippen molar-refractivity contribution in [2.24, 2.45) is 0 Å². The first-order chi connectivity index (χ1) is 6.27. The Morgan fingerprint density at radius 2 is 2.31 bits per heavy atom. The molecule has 0 aliphatic carbocycles. The van der Waals surface area contributed by atoms with E-state index in [0.717, 1.165) is 18.4 Å². The predicted octanol–water partition coefficient (Wildman–Crippen LogP) is -0.914. The zero-order valence-corrected chi connectivity index (χ0v) is 7.10. The summed E-state index contributed by atoms with van der Waals surface area (Å²) in [5.74, 6) is 0.621. The Hall–Kier alpha value is -1.07. The normalized spacial score (nSPS) is 14.6. The fourth-order valence-corrected chi connectivity index (χ4v) is 1.40. The molecule has 1 aromatic heterocycles. The van der Waals surface area contributed by atoms with Crippen molar-refractivity contribution in [3.8, 4) is 5.88 Å². The van der Waals surface area contributed by atoms with E-state index in [2.05, 4.69) is 4.98 Å². The van der Waals surface area contributed by atoms with Gasteiger partial charge in [0, 0.05) is 17.2 Å². The molecule has 0 bridgehead atoms. The van der Waals surface area contributed by atoms with E-state index in [-0.39, 0.29) is 0 Å². The Labute approximate surface area is 76.3 Å². The third kappa shape index (κ3) is 1.66. The summed E-state index contributed by atoms with van der Waals surface area (Å²) < 4.78 is 5.28. The molecule has 0 spiro atoms. The lowest BCUT2D eigenvalue weighted by atomic mass is 9.80. The summed E-state index contributed by atoms with van der Waals surface area (Å²) in [5.41, 5.74) is 1.38. The van der Waals surface area contributed by atoms with Gasteiger partial charge in [0.25, 0.3) is 0 Å². The van der Waals surface area contributed by atoms with Crippen molar-refractivity contribution in [2.75, 3.05) is 6.61 Å². The Morgan fingerprint density at radius 3 is 3.08 bits per heavy atom. The van der Waals surface area contributed by atoms with E-state index >= 15 is 0 Å². The van der Waals surface area contributed by atoms with Gasteiger partial charge in [-0.05, 0) is 12.8 Å². The zero-order chi connectivity index (χ0) is 9.26. The third-order valence-electron chi connectivity index (χ3n) is 2.07. The van der Waals surface area contributed by atoms with Gasteiger partial charge >= 0.3 is 7.12 Å². The fraction of sp³-hybridized carbons (Fsp3) is 0.375. The second-order valence-corrected chi connectivity index (χ2v) is 3.06. The molecule has 2 N–H and O–H groups in total. The summed E-state index contributed by atoms with van der Waals surface area (Å²) in [6, 6.07) is 1.73. The van der Waals surface area contributed by atoms with Crippen molar-refractivity contribution in [3.05, 3.63) is 17.8 Å². The largest absolute Gasteiger partial charge is 0.490 e. The van der Waals surface area contributed by atoms with E-state index in [0.29, 0.717) is 17.9 Å². The van der Waals surface area contributed by atoms with Gasteiger partial charge in [-0.2, -0.15) is 0 Å². The summed E-state index contributed by atoms with van der Waals surface area (Å²) in [4.78, 5) is 4.00. The monoisotopic (exact) mass is 179 g/mol. The van der Waals surface area contributed by atoms with E-state index in [9.17, 15) is 0 Å². The lowest BCUT2D eigenvalue weighted by Gasteiger charge is -2.16. The summed E-state index contributed by atoms with van der Waals surface area (Å²) in [6.45, 7) is 0.695. The highest BCUT2D eigenvalue weighted by atomic mass is 16.5. The second-order valence-electron chi connectivity index (χ2n) is 3.06. The SMILES string of the molecule is OB(O)c1cnc2c(c1)CCCO2. The van der Waals surface area contributed by atoms with Crippen molar-refractivity contribution >= 4 is 12.6 Å². The van der Waals surface area contributed by atoms with Crippen LogP contribution < -0.4 is 10.2 Å². The van der Waals surface area contributed by atoms with Crippen LogP contribution in [0.25, 0.3) is 0 Å². The fourth-order valence-electron chi connectivity index (χ4n) is 1.40. The van der Waals surface area contributed by atoms with Gasteiger partial charge in [0.05, 0.1) is 6.61 Å². The number of nitrogens with zero attached hydrogens (tertiary/aromatic N) is 1. The highest BCUT2D eigenvalue weighted by Gasteiger charge is 2.17. The lowest BCUT2D eigenvalue weighted by molar-refractivity contribution is 0.276. The topological polar surface area (TPSA) is 62.6 Å². The van der Waals surface area contributed by atoms with Crippen LogP contribution in [0.2, 0.25) is 0 Å². The number of fused-ring (bicyclic) bond motifs is 1. The van der Waals surface area contributed by atoms with Crippen molar-refractivity contribution < 1.29 is 14.8 Å². The summed E-state index contributed by atoms with van der Waals surface area (Å²) in [7, 11) is -1.44. The van der Waals surface area contributed by atoms with E-state index in [1.807, 2.05) is 0 Å². The molecular weight excluding hydrogens is 169 g/mol. The maximum Gasteiger partial charge on any atom is 0.490 e. The molecule has 13 heavy (non-hydrogen) atoms. The van der Waals surface area contributed by atoms with Gasteiger partial charge in [0.2, 0.25) is 5.88 Å². The molecule has 1 aliphatic heterocycles. The first kappa shape index (κ1) is 8.53. The van der Waals surface area contributed by atoms with Crippen molar-refractivity contribution in [1.82, 2.24) is 4.98 Å². The number of hydrogen-bond donors (Lipinski definition) is 2. The molecule has 0 radical (unpaired) electrons. The van der Waals surface area contributed by atoms with Crippen LogP contribution in [0.15, 0.2) is 12.3 Å². The number of aromatic nitrogens is 1. The van der Waals surface area contributed by atoms with Crippen molar-refractivity contribution in [3.63, 3.8) is 0 Å². The van der Waals surface area contributed by atoms with Gasteiger partial charge in [-0.1, -0.05) is 6.07 Å². The van der Waals surface area contributed by atoms with Crippen LogP contribution >= 0.6 is 0 Å². The van der Waals surface area contributed by atoms with Gasteiger partial charge < -0.3 is 14.8 Å². The number of pyridine rings is 1. The molecule has 5 heteroatoms. The van der Waals surface area contributed by atoms with Gasteiger partial charge in [-0.3, -0.25) is 0 Å². The van der Waals surface area contributed by atoms with Crippen LogP contribution in [-0.2, 0) is 6.42 Å². The molecule has 0 amide bonds. The maximum absolute atomic E-state index is 8.90. The zero-order valence-electron chi connectivity index (χ0n) is 7.10. The molecule has 2 rings (SSSR count). The first-order valence-corrected chi connectivity index (χ1v) is 4.25. The highest BCUT2D eigenvalue weighted by molar-refractivity contribution is 6.58. The smallest absolute Gasteiger partial charge is 0.477 e. The molecule has 0 aromatic carbocycles. The Balaban J connectivity index is 2.35. The highest BCUT2D eigenvalue weighted by Crippen LogP contribution is 2.19. The third-order valence-corrected chi connectivity index (χ3v) is 2.07. The standard InChI is InChI=1S/C8H10BNO3/c11-9(12)7-4-6-2-1-3-13-8(6)10-5-7/h4-5,11-12H,1-3H2. The number of ether oxygens (including phenoxy) is 1. The minimum atomic E-state index is -1.44. The average Bonchev–Trinajstić information content (AvgIpc) is 2.17. The molecule has 0 unspecified atom stereocenters. The van der Waals surface area contributed by atoms with E-state index in [4.69, 9.17) is 14.8 Å². The van der Waals surface area contributed by atoms with E-state index < -0.39 is 7.12 Å². The van der Waals surface area contributed by atoms with Crippen LogP contribution in [0.4, 0.5) is 0 Å². The van der Waals surface area contributed by atoms with Gasteiger partial charge in [-0.15, -0.1) is 0 Å². The van der Waals surface area contributed by atoms with Gasteiger partial charge in [0.1, 0.15) is 0 Å². The van der Waals surface area contributed by atoms with Crippen LogP contribution in [0.5, 0.6) is 5.88 Å². The second kappa shape index (κ2) is 3.36. The maximum atomic E-state index is 8.90. The Bertz CT molecular complexity index is 316. The first-order valence-electron chi connectivity index (χ1n) is 4.25. The van der Waals surface area contributed by atoms with Crippen LogP contribution in [0.1, 0.15) is 12.0 Å². The number of hydrogen-bond acceptors (Lipinski definition) is 4. The van der Waals surface area contributed by atoms with Crippen molar-refractivity contribution in [1.29, 1.82) is 0 Å². The molecule has 2 heterocycles. The Kier molecular flexibility index (Phi) is 2.20.